The molecule has 0 aliphatic heterocycles. The van der Waals surface area contributed by atoms with Gasteiger partial charge in [-0.25, -0.2) is 23.6 Å². The van der Waals surface area contributed by atoms with Crippen molar-refractivity contribution < 1.29 is 54.7 Å². The Kier molecular flexibility index (Phi) is 14.7. The quantitative estimate of drug-likeness (QED) is 0.195. The Morgan fingerprint density at radius 1 is 0.562 bits per heavy atom. The summed E-state index contributed by atoms with van der Waals surface area (Å²) in [6.45, 7) is 0. The summed E-state index contributed by atoms with van der Waals surface area (Å²) in [5.74, 6) is 9.32. The Morgan fingerprint density at radius 3 is 1.46 bits per heavy atom. The molecule has 0 amide bonds. The van der Waals surface area contributed by atoms with Crippen molar-refractivity contribution in [3.05, 3.63) is 163 Å². The maximum atomic E-state index is 8.49. The molecule has 8 nitrogen and oxygen atoms in total. The fraction of sp³-hybridized carbons (Fsp3) is 0.0263. The number of hydrogen-bond donors (Lipinski definition) is 0. The SMILES string of the molecule is COc1ccc(-c2cc(-c3ccccn3)nc(-c3ccccn3)c2)cc1.[C-]#Cc1ccc(C#Cc2ccccc2)cc1.[O-][Cl+3]([O-])([O-])[O-].[Pt+2]. The van der Waals surface area contributed by atoms with Gasteiger partial charge in [0.1, 0.15) is 5.75 Å². The van der Waals surface area contributed by atoms with E-state index in [1.54, 1.807) is 19.5 Å². The number of hydrogen-bond acceptors (Lipinski definition) is 8. The molecular weight excluding hydrogens is 809 g/mol. The summed E-state index contributed by atoms with van der Waals surface area (Å²) >= 11 is 0. The topological polar surface area (TPSA) is 140 Å². The second-order valence-electron chi connectivity index (χ2n) is 9.48. The van der Waals surface area contributed by atoms with Crippen molar-refractivity contribution in [2.75, 3.05) is 7.11 Å². The van der Waals surface area contributed by atoms with Gasteiger partial charge in [0.15, 0.2) is 0 Å². The monoisotopic (exact) mass is 834 g/mol. The van der Waals surface area contributed by atoms with Gasteiger partial charge in [0, 0.05) is 23.5 Å². The van der Waals surface area contributed by atoms with Crippen molar-refractivity contribution >= 4 is 0 Å². The zero-order chi connectivity index (χ0) is 33.5. The molecule has 0 aliphatic rings. The van der Waals surface area contributed by atoms with Gasteiger partial charge in [-0.3, -0.25) is 15.9 Å². The summed E-state index contributed by atoms with van der Waals surface area (Å²) in [7, 11) is -3.28. The molecule has 0 fully saturated rings. The van der Waals surface area contributed by atoms with Crippen molar-refractivity contribution in [1.29, 1.82) is 0 Å². The van der Waals surface area contributed by atoms with Crippen molar-refractivity contribution in [2.45, 2.75) is 0 Å². The summed E-state index contributed by atoms with van der Waals surface area (Å²) < 4.78 is 39.2. The molecule has 10 heteroatoms. The zero-order valence-corrected chi connectivity index (χ0v) is 28.4. The minimum Gasteiger partial charge on any atom is -0.497 e. The second-order valence-corrected chi connectivity index (χ2v) is 10.2. The Morgan fingerprint density at radius 2 is 1.02 bits per heavy atom. The first kappa shape index (κ1) is 37.3. The molecule has 0 aliphatic carbocycles. The van der Waals surface area contributed by atoms with Gasteiger partial charge in [-0.1, -0.05) is 66.4 Å². The van der Waals surface area contributed by atoms with Gasteiger partial charge in [-0.2, -0.15) is 0 Å². The number of nitrogens with zero attached hydrogens (tertiary/aromatic N) is 3. The molecule has 0 unspecified atom stereocenters. The van der Waals surface area contributed by atoms with Crippen LogP contribution in [0.25, 0.3) is 33.9 Å². The zero-order valence-electron chi connectivity index (χ0n) is 25.4. The first-order chi connectivity index (χ1) is 22.7. The fourth-order valence-corrected chi connectivity index (χ4v) is 4.07. The number of ether oxygens (including phenoxy) is 1. The molecule has 6 aromatic rings. The standard InChI is InChI=1S/C22H17N3O.C16H9.ClHO4.Pt/c1-26-18-10-8-16(9-11-18)17-14-21(19-6-2-4-12-23-19)25-22(15-17)20-7-3-5-13-24-20;1-2-14-8-10-16(11-9-14)13-12-15-6-4-3-5-7-15;2-1(3,4)5;/h2-15H,1H3;3-11H;(H,2,3,4,5);/q;-1;;+2/p-1. The van der Waals surface area contributed by atoms with Crippen LogP contribution in [-0.2, 0) is 21.1 Å². The van der Waals surface area contributed by atoms with Crippen molar-refractivity contribution in [3.8, 4) is 57.4 Å². The summed E-state index contributed by atoms with van der Waals surface area (Å²) in [6.07, 6.45) is 10.5. The smallest absolute Gasteiger partial charge is 0.497 e. The molecule has 0 atom stereocenters. The molecule has 0 spiro atoms. The Hall–Kier alpha value is -5.15. The van der Waals surface area contributed by atoms with E-state index >= 15 is 0 Å². The molecule has 0 bridgehead atoms. The average Bonchev–Trinajstić information content (AvgIpc) is 3.11. The molecule has 0 saturated heterocycles. The van der Waals surface area contributed by atoms with Crippen LogP contribution in [0.4, 0.5) is 0 Å². The van der Waals surface area contributed by atoms with Crippen LogP contribution in [0.3, 0.4) is 0 Å². The van der Waals surface area contributed by atoms with Crippen LogP contribution in [0, 0.1) is 34.4 Å². The number of pyridine rings is 3. The fourth-order valence-electron chi connectivity index (χ4n) is 4.07. The van der Waals surface area contributed by atoms with Gasteiger partial charge in [0.25, 0.3) is 0 Å². The summed E-state index contributed by atoms with van der Waals surface area (Å²) in [6, 6.07) is 41.1. The minimum absolute atomic E-state index is 0. The van der Waals surface area contributed by atoms with E-state index < -0.39 is 10.2 Å². The third-order valence-electron chi connectivity index (χ3n) is 6.26. The van der Waals surface area contributed by atoms with E-state index in [2.05, 4.69) is 39.9 Å². The van der Waals surface area contributed by atoms with Crippen molar-refractivity contribution in [3.63, 3.8) is 0 Å². The van der Waals surface area contributed by atoms with Crippen LogP contribution in [0.2, 0.25) is 0 Å². The van der Waals surface area contributed by atoms with Crippen LogP contribution >= 0.6 is 0 Å². The molecule has 48 heavy (non-hydrogen) atoms. The molecule has 3 aromatic carbocycles. The summed E-state index contributed by atoms with van der Waals surface area (Å²) in [4.78, 5) is 13.7. The van der Waals surface area contributed by atoms with Gasteiger partial charge in [-0.15, -0.1) is 27.9 Å². The van der Waals surface area contributed by atoms with Gasteiger partial charge in [-0.05, 0) is 71.8 Å². The first-order valence-electron chi connectivity index (χ1n) is 13.9. The number of aromatic nitrogens is 3. The molecule has 6 rings (SSSR count). The first-order valence-corrected chi connectivity index (χ1v) is 15.2. The van der Waals surface area contributed by atoms with E-state index in [9.17, 15) is 0 Å². The number of halogens is 1. The Balaban J connectivity index is 0.000000243. The third-order valence-corrected chi connectivity index (χ3v) is 6.26. The van der Waals surface area contributed by atoms with Gasteiger partial charge in [0.2, 0.25) is 0 Å². The van der Waals surface area contributed by atoms with Crippen LogP contribution < -0.4 is 23.4 Å². The maximum absolute atomic E-state index is 8.49. The second kappa shape index (κ2) is 18.9. The van der Waals surface area contributed by atoms with E-state index in [4.69, 9.17) is 34.8 Å². The molecule has 3 aromatic heterocycles. The predicted molar refractivity (Wildman–Crippen MR) is 168 cm³/mol. The largest absolute Gasteiger partial charge is 2.00 e. The normalized spacial score (nSPS) is 9.83. The molecular formula is C38H26ClN3O5Pt. The third kappa shape index (κ3) is 12.6. The van der Waals surface area contributed by atoms with Crippen LogP contribution in [-0.4, -0.2) is 22.1 Å². The van der Waals surface area contributed by atoms with E-state index in [1.807, 2.05) is 115 Å². The molecule has 0 radical (unpaired) electrons. The minimum atomic E-state index is -4.94. The van der Waals surface area contributed by atoms with Crippen molar-refractivity contribution in [2.24, 2.45) is 0 Å². The number of benzene rings is 3. The van der Waals surface area contributed by atoms with Gasteiger partial charge >= 0.3 is 21.1 Å². The van der Waals surface area contributed by atoms with Gasteiger partial charge in [0.05, 0.1) is 29.9 Å². The Labute approximate surface area is 295 Å². The molecule has 0 saturated carbocycles. The van der Waals surface area contributed by atoms with E-state index in [1.165, 1.54) is 0 Å². The molecule has 0 N–H and O–H groups in total. The van der Waals surface area contributed by atoms with Crippen LogP contribution in [0.1, 0.15) is 16.7 Å². The summed E-state index contributed by atoms with van der Waals surface area (Å²) in [5.41, 5.74) is 8.17. The Bertz CT molecular complexity index is 1890. The predicted octanol–water partition coefficient (Wildman–Crippen LogP) is 3.15. The van der Waals surface area contributed by atoms with E-state index in [0.29, 0.717) is 0 Å². The van der Waals surface area contributed by atoms with Crippen molar-refractivity contribution in [1.82, 2.24) is 15.0 Å². The van der Waals surface area contributed by atoms with E-state index in [0.717, 1.165) is 56.3 Å². The van der Waals surface area contributed by atoms with Crippen LogP contribution in [0.15, 0.2) is 140 Å². The molecule has 3 heterocycles. The number of methoxy groups -OCH3 is 1. The maximum Gasteiger partial charge on any atom is 2.00 e. The van der Waals surface area contributed by atoms with Gasteiger partial charge < -0.3 is 11.2 Å². The van der Waals surface area contributed by atoms with Crippen LogP contribution in [0.5, 0.6) is 5.75 Å². The summed E-state index contributed by atoms with van der Waals surface area (Å²) in [5, 5.41) is 0. The molecule has 240 valence electrons. The number of rotatable bonds is 4. The van der Waals surface area contributed by atoms with E-state index in [-0.39, 0.29) is 21.1 Å². The average molecular weight is 835 g/mol.